The molecular formula is C9H11O. The molecule has 0 fully saturated rings. The van der Waals surface area contributed by atoms with Gasteiger partial charge < -0.3 is 5.11 Å². The van der Waals surface area contributed by atoms with Gasteiger partial charge in [-0.15, -0.1) is 0 Å². The van der Waals surface area contributed by atoms with Crippen LogP contribution in [0, 0.1) is 13.0 Å². The van der Waals surface area contributed by atoms with E-state index in [2.05, 4.69) is 0 Å². The van der Waals surface area contributed by atoms with Gasteiger partial charge in [-0.05, 0) is 19.4 Å². The summed E-state index contributed by atoms with van der Waals surface area (Å²) in [5.41, 5.74) is 2.11. The van der Waals surface area contributed by atoms with Gasteiger partial charge in [0.05, 0.1) is 0 Å². The largest absolute Gasteiger partial charge is 0.382 e. The van der Waals surface area contributed by atoms with E-state index in [0.717, 1.165) is 5.56 Å². The van der Waals surface area contributed by atoms with Gasteiger partial charge in [0.1, 0.15) is 6.10 Å². The van der Waals surface area contributed by atoms with E-state index in [-0.39, 0.29) is 0 Å². The topological polar surface area (TPSA) is 20.2 Å². The van der Waals surface area contributed by atoms with Crippen LogP contribution in [0.2, 0.25) is 0 Å². The molecule has 0 aliphatic carbocycles. The van der Waals surface area contributed by atoms with Crippen LogP contribution in [0.4, 0.5) is 0 Å². The maximum Gasteiger partial charge on any atom is 0.119 e. The van der Waals surface area contributed by atoms with Crippen molar-refractivity contribution in [3.05, 3.63) is 41.5 Å². The average Bonchev–Trinajstić information content (AvgIpc) is 1.88. The van der Waals surface area contributed by atoms with Gasteiger partial charge in [0.25, 0.3) is 0 Å². The van der Waals surface area contributed by atoms with E-state index in [1.807, 2.05) is 31.2 Å². The highest BCUT2D eigenvalue weighted by Crippen LogP contribution is 2.10. The third-order valence-electron chi connectivity index (χ3n) is 1.47. The van der Waals surface area contributed by atoms with Gasteiger partial charge in [0.2, 0.25) is 0 Å². The highest BCUT2D eigenvalue weighted by atomic mass is 16.3. The van der Waals surface area contributed by atoms with Gasteiger partial charge >= 0.3 is 0 Å². The molecule has 0 saturated carbocycles. The molecule has 0 saturated heterocycles. The van der Waals surface area contributed by atoms with E-state index in [1.165, 1.54) is 5.56 Å². The maximum atomic E-state index is 9.03. The van der Waals surface area contributed by atoms with Crippen LogP contribution in [0.5, 0.6) is 0 Å². The Kier molecular flexibility index (Phi) is 2.07. The van der Waals surface area contributed by atoms with Crippen LogP contribution in [0.25, 0.3) is 0 Å². The molecule has 0 aliphatic heterocycles. The van der Waals surface area contributed by atoms with Crippen LogP contribution in [-0.4, -0.2) is 5.11 Å². The van der Waals surface area contributed by atoms with Crippen molar-refractivity contribution in [1.82, 2.24) is 0 Å². The number of rotatable bonds is 1. The second-order valence-electron chi connectivity index (χ2n) is 2.45. The summed E-state index contributed by atoms with van der Waals surface area (Å²) in [6, 6.07) is 7.78. The van der Waals surface area contributed by atoms with Crippen LogP contribution in [0.15, 0.2) is 24.3 Å². The fraction of sp³-hybridized carbons (Fsp3) is 0.222. The van der Waals surface area contributed by atoms with Crippen molar-refractivity contribution < 1.29 is 5.11 Å². The Morgan fingerprint density at radius 3 is 2.10 bits per heavy atom. The Morgan fingerprint density at radius 1 is 1.20 bits per heavy atom. The van der Waals surface area contributed by atoms with Crippen LogP contribution in [0.1, 0.15) is 18.1 Å². The van der Waals surface area contributed by atoms with Gasteiger partial charge in [-0.3, -0.25) is 0 Å². The molecule has 0 heterocycles. The zero-order valence-electron chi connectivity index (χ0n) is 6.26. The molecule has 0 aliphatic rings. The first-order valence-electron chi connectivity index (χ1n) is 3.29. The van der Waals surface area contributed by atoms with E-state index in [0.29, 0.717) is 6.10 Å². The Hall–Kier alpha value is -0.820. The van der Waals surface area contributed by atoms with Crippen molar-refractivity contribution >= 4 is 0 Å². The predicted molar refractivity (Wildman–Crippen MR) is 41.1 cm³/mol. The van der Waals surface area contributed by atoms with Gasteiger partial charge in [-0.25, -0.2) is 0 Å². The second-order valence-corrected chi connectivity index (χ2v) is 2.45. The summed E-state index contributed by atoms with van der Waals surface area (Å²) < 4.78 is 0. The van der Waals surface area contributed by atoms with Crippen molar-refractivity contribution in [3.8, 4) is 0 Å². The lowest BCUT2D eigenvalue weighted by molar-refractivity contribution is 0.341. The molecule has 0 amide bonds. The molecule has 0 spiro atoms. The Morgan fingerprint density at radius 2 is 1.70 bits per heavy atom. The summed E-state index contributed by atoms with van der Waals surface area (Å²) in [5.74, 6) is 0. The van der Waals surface area contributed by atoms with Crippen molar-refractivity contribution in [3.63, 3.8) is 0 Å². The smallest absolute Gasteiger partial charge is 0.119 e. The number of benzene rings is 1. The second kappa shape index (κ2) is 2.84. The molecule has 0 aromatic heterocycles. The number of hydrogen-bond donors (Lipinski definition) is 1. The number of aliphatic hydroxyl groups is 1. The lowest BCUT2D eigenvalue weighted by Gasteiger charge is -2.01. The number of aliphatic hydroxyl groups excluding tert-OH is 1. The zero-order chi connectivity index (χ0) is 7.56. The molecule has 1 aromatic rings. The summed E-state index contributed by atoms with van der Waals surface area (Å²) in [6.07, 6.45) is 0.375. The Bertz CT molecular complexity index is 198. The molecule has 10 heavy (non-hydrogen) atoms. The van der Waals surface area contributed by atoms with E-state index in [9.17, 15) is 0 Å². The average molecular weight is 135 g/mol. The van der Waals surface area contributed by atoms with Crippen LogP contribution in [0.3, 0.4) is 0 Å². The molecule has 1 radical (unpaired) electrons. The van der Waals surface area contributed by atoms with Crippen molar-refractivity contribution in [1.29, 1.82) is 0 Å². The van der Waals surface area contributed by atoms with E-state index < -0.39 is 0 Å². The van der Waals surface area contributed by atoms with E-state index in [1.54, 1.807) is 6.92 Å². The molecule has 0 bridgehead atoms. The minimum absolute atomic E-state index is 0.375. The molecule has 1 aromatic carbocycles. The van der Waals surface area contributed by atoms with Gasteiger partial charge in [0, 0.05) is 0 Å². The highest BCUT2D eigenvalue weighted by Gasteiger charge is 1.98. The quantitative estimate of drug-likeness (QED) is 0.626. The first kappa shape index (κ1) is 7.29. The number of hydrogen-bond acceptors (Lipinski definition) is 1. The molecule has 1 rings (SSSR count). The Labute approximate surface area is 61.3 Å². The van der Waals surface area contributed by atoms with Gasteiger partial charge in [0.15, 0.2) is 0 Å². The molecule has 1 N–H and O–H groups in total. The van der Waals surface area contributed by atoms with Crippen LogP contribution < -0.4 is 0 Å². The lowest BCUT2D eigenvalue weighted by atomic mass is 10.1. The van der Waals surface area contributed by atoms with Crippen LogP contribution >= 0.6 is 0 Å². The monoisotopic (exact) mass is 135 g/mol. The first-order chi connectivity index (χ1) is 4.70. The Balaban J connectivity index is 2.89. The molecular weight excluding hydrogens is 124 g/mol. The predicted octanol–water partition coefficient (Wildman–Crippen LogP) is 2.27. The summed E-state index contributed by atoms with van der Waals surface area (Å²) in [7, 11) is 0. The molecule has 0 atom stereocenters. The standard InChI is InChI=1S/C9H11O/c1-7-3-5-9(6-4-7)8(2)10/h3-6,10H,1-2H3. The molecule has 1 heteroatoms. The normalized spacial score (nSPS) is 10.4. The molecule has 0 unspecified atom stereocenters. The summed E-state index contributed by atoms with van der Waals surface area (Å²) in [4.78, 5) is 0. The van der Waals surface area contributed by atoms with Gasteiger partial charge in [-0.2, -0.15) is 0 Å². The fourth-order valence-corrected chi connectivity index (χ4v) is 0.795. The third-order valence-corrected chi connectivity index (χ3v) is 1.47. The third kappa shape index (κ3) is 1.58. The number of aryl methyl sites for hydroxylation is 1. The van der Waals surface area contributed by atoms with E-state index in [4.69, 9.17) is 5.11 Å². The van der Waals surface area contributed by atoms with Crippen molar-refractivity contribution in [2.45, 2.75) is 13.8 Å². The van der Waals surface area contributed by atoms with Crippen molar-refractivity contribution in [2.24, 2.45) is 0 Å². The van der Waals surface area contributed by atoms with E-state index >= 15 is 0 Å². The van der Waals surface area contributed by atoms with Crippen LogP contribution in [-0.2, 0) is 0 Å². The summed E-state index contributed by atoms with van der Waals surface area (Å²) in [5, 5.41) is 9.03. The highest BCUT2D eigenvalue weighted by molar-refractivity contribution is 5.28. The lowest BCUT2D eigenvalue weighted by Crippen LogP contribution is -1.90. The summed E-state index contributed by atoms with van der Waals surface area (Å²) in [6.45, 7) is 3.71. The minimum Gasteiger partial charge on any atom is -0.382 e. The first-order valence-corrected chi connectivity index (χ1v) is 3.29. The maximum absolute atomic E-state index is 9.03. The SMILES string of the molecule is C[C](O)c1ccc(C)cc1. The fourth-order valence-electron chi connectivity index (χ4n) is 0.795. The van der Waals surface area contributed by atoms with Crippen molar-refractivity contribution in [2.75, 3.05) is 0 Å². The minimum atomic E-state index is 0.375. The van der Waals surface area contributed by atoms with Gasteiger partial charge in [-0.1, -0.05) is 29.8 Å². The zero-order valence-corrected chi connectivity index (χ0v) is 6.26. The summed E-state index contributed by atoms with van der Waals surface area (Å²) >= 11 is 0. The molecule has 53 valence electrons. The molecule has 1 nitrogen and oxygen atoms in total.